The van der Waals surface area contributed by atoms with E-state index in [4.69, 9.17) is 38.6 Å². The largest absolute Gasteiger partial charge is 0.488 e. The maximum atomic E-state index is 16.4. The summed E-state index contributed by atoms with van der Waals surface area (Å²) in [4.78, 5) is 42.9. The molecule has 4 aliphatic rings. The molecule has 0 bridgehead atoms. The average molecular weight is 1810 g/mol. The summed E-state index contributed by atoms with van der Waals surface area (Å²) in [5.41, 5.74) is 38.2. The van der Waals surface area contributed by atoms with Crippen molar-refractivity contribution >= 4 is 80.0 Å². The molecule has 4 aromatic heterocycles. The second-order valence-electron chi connectivity index (χ2n) is 35.7. The van der Waals surface area contributed by atoms with E-state index in [1.54, 1.807) is 24.4 Å². The fourth-order valence-corrected chi connectivity index (χ4v) is 18.1. The number of fused-ring (bicyclic) bond motifs is 4. The monoisotopic (exact) mass is 1800 g/mol. The van der Waals surface area contributed by atoms with Crippen LogP contribution in [-0.4, -0.2) is 76.3 Å². The molecule has 0 N–H and O–H groups in total. The minimum Gasteiger partial charge on any atom is -0.405 e. The third-order valence-electron chi connectivity index (χ3n) is 27.6. The van der Waals surface area contributed by atoms with Gasteiger partial charge in [-0.05, 0) is 370 Å². The van der Waals surface area contributed by atoms with Gasteiger partial charge in [0.15, 0.2) is 34.9 Å². The standard InChI is InChI=1S/C47H42FN5.C26H29BrN2.C21H13BrFN3.C12H24B2O4/c1-26-28(3)32(7)43-37(30(26)5)25-38-31(6)27(2)29(4)33(8)44(38)53(43)41-20-15-23-49-42(41)39-24-36(21-22-40(39)48)47-51-45(34-16-11-9-12-17-34)50-46(52-47)35-18-13-10-14-19-35;1-13-15(3)19(7)24-21(17(13)5)12-22-18(6)14(2)16(4)20(8)25(22)29(24)23-10-9-11-28-26(23)27;22-17-13-16(11-12-18(17)23)21-25-19(14-7-3-1-4-8-14)24-20(26-21)15-9-5-2-6-10-15;1-9(2)10(3,4)16-13(15-9)14-17-11(5,6)12(7,8)18-14/h9-24H,25H2,1-8H3;9-11H,12H2,1-8H3;1-13H;1-8H3. The molecule has 0 amide bonds. The first-order valence-corrected chi connectivity index (χ1v) is 44.6. The van der Waals surface area contributed by atoms with Crippen LogP contribution < -0.4 is 9.80 Å². The van der Waals surface area contributed by atoms with E-state index in [0.717, 1.165) is 68.0 Å². The maximum absolute atomic E-state index is 16.4. The molecule has 20 heteroatoms. The Kier molecular flexibility index (Phi) is 25.1. The van der Waals surface area contributed by atoms with Crippen LogP contribution in [0.15, 0.2) is 203 Å². The smallest absolute Gasteiger partial charge is 0.405 e. The Balaban J connectivity index is 0.000000142. The molecule has 2 fully saturated rings. The SMILES string of the molecule is CC1(C)OB(B2OC(C)(C)C(C)(C)O2)OC1(C)C.Cc1c(C)c(C)c2c(c1C)Cc1c(C)c(C)c(C)c(C)c1N2c1cccnc1-c1cc(-c2nc(-c3ccccc3)nc(-c3ccccc3)n2)ccc1F.Cc1c(C)c(C)c2c(c1C)Cc1c(C)c(C)c(C)c(C)c1N2c1cccnc1Br.Fc1ccc(-c2nc(-c3ccccc3)nc(-c3ccccc3)n2)cc1Br. The summed E-state index contributed by atoms with van der Waals surface area (Å²) in [6, 6.07) is 57.2. The molecule has 0 spiro atoms. The van der Waals surface area contributed by atoms with Gasteiger partial charge in [0.1, 0.15) is 16.2 Å². The molecule has 0 aliphatic carbocycles. The molecule has 2 saturated heterocycles. The van der Waals surface area contributed by atoms with E-state index in [1.807, 2.05) is 201 Å². The van der Waals surface area contributed by atoms with Crippen LogP contribution in [0.3, 0.4) is 0 Å². The summed E-state index contributed by atoms with van der Waals surface area (Å²) >= 11 is 6.96. The van der Waals surface area contributed by atoms with Gasteiger partial charge >= 0.3 is 14.0 Å². The van der Waals surface area contributed by atoms with Crippen molar-refractivity contribution in [3.8, 4) is 79.6 Å². The zero-order chi connectivity index (χ0) is 90.2. The highest BCUT2D eigenvalue weighted by molar-refractivity contribution is 9.10. The second kappa shape index (κ2) is 35.3. The summed E-state index contributed by atoms with van der Waals surface area (Å²) in [5.74, 6) is 2.52. The van der Waals surface area contributed by atoms with Crippen molar-refractivity contribution in [3.05, 3.63) is 326 Å². The van der Waals surface area contributed by atoms with E-state index in [2.05, 4.69) is 185 Å². The Morgan fingerprint density at radius 2 is 0.563 bits per heavy atom. The number of anilines is 6. The lowest BCUT2D eigenvalue weighted by molar-refractivity contribution is 0.00578. The highest BCUT2D eigenvalue weighted by Crippen LogP contribution is 2.56. The van der Waals surface area contributed by atoms with E-state index in [9.17, 15) is 4.39 Å². The van der Waals surface area contributed by atoms with E-state index in [-0.39, 0.29) is 34.0 Å². The predicted octanol–water partition coefficient (Wildman–Crippen LogP) is 27.6. The fraction of sp³-hybridized carbons (Fsp3) is 0.283. The third-order valence-corrected chi connectivity index (χ3v) is 28.8. The second-order valence-corrected chi connectivity index (χ2v) is 37.3. The van der Waals surface area contributed by atoms with E-state index in [1.165, 1.54) is 135 Å². The number of pyridine rings is 2. The van der Waals surface area contributed by atoms with Crippen molar-refractivity contribution in [2.75, 3.05) is 9.80 Å². The molecule has 8 heterocycles. The Morgan fingerprint density at radius 1 is 0.294 bits per heavy atom. The van der Waals surface area contributed by atoms with Crippen molar-refractivity contribution in [2.24, 2.45) is 0 Å². The zero-order valence-corrected chi connectivity index (χ0v) is 79.8. The van der Waals surface area contributed by atoms with Gasteiger partial charge in [0.05, 0.1) is 66.7 Å². The highest BCUT2D eigenvalue weighted by atomic mass is 79.9. The van der Waals surface area contributed by atoms with E-state index < -0.39 is 14.0 Å². The molecule has 126 heavy (non-hydrogen) atoms. The molecule has 14 nitrogen and oxygen atoms in total. The summed E-state index contributed by atoms with van der Waals surface area (Å²) in [7, 11) is -0.952. The number of benzene rings is 10. The lowest BCUT2D eigenvalue weighted by Crippen LogP contribution is -2.41. The molecule has 0 saturated carbocycles. The van der Waals surface area contributed by atoms with E-state index in [0.29, 0.717) is 56.2 Å². The van der Waals surface area contributed by atoms with Crippen LogP contribution >= 0.6 is 31.9 Å². The van der Waals surface area contributed by atoms with Crippen LogP contribution in [0, 0.1) is 122 Å². The first-order valence-electron chi connectivity index (χ1n) is 43.0. The highest BCUT2D eigenvalue weighted by Gasteiger charge is 2.64. The predicted molar refractivity (Wildman–Crippen MR) is 518 cm³/mol. The van der Waals surface area contributed by atoms with Gasteiger partial charge in [-0.2, -0.15) is 0 Å². The molecule has 4 aliphatic heterocycles. The van der Waals surface area contributed by atoms with Crippen LogP contribution in [-0.2, 0) is 31.5 Å². The average Bonchev–Trinajstić information content (AvgIpc) is 0.821. The third kappa shape index (κ3) is 16.7. The Labute approximate surface area is 759 Å². The van der Waals surface area contributed by atoms with Crippen molar-refractivity contribution in [3.63, 3.8) is 0 Å². The zero-order valence-electron chi connectivity index (χ0n) is 76.7. The van der Waals surface area contributed by atoms with Gasteiger partial charge in [-0.3, -0.25) is 4.98 Å². The van der Waals surface area contributed by atoms with Gasteiger partial charge in [-0.15, -0.1) is 0 Å². The van der Waals surface area contributed by atoms with Crippen LogP contribution in [0.5, 0.6) is 0 Å². The first kappa shape index (κ1) is 89.7. The first-order chi connectivity index (χ1) is 59.8. The normalized spacial score (nSPS) is 14.8. The molecule has 0 unspecified atom stereocenters. The summed E-state index contributed by atoms with van der Waals surface area (Å²) in [6.07, 6.45) is 5.42. The van der Waals surface area contributed by atoms with Crippen molar-refractivity contribution in [1.82, 2.24) is 39.9 Å². The minimum atomic E-state index is -0.476. The van der Waals surface area contributed by atoms with E-state index >= 15 is 4.39 Å². The Hall–Kier alpha value is -11.1. The Bertz CT molecular complexity index is 6280. The molecule has 10 aromatic carbocycles. The van der Waals surface area contributed by atoms with Crippen LogP contribution in [0.25, 0.3) is 79.6 Å². The lowest BCUT2D eigenvalue weighted by Gasteiger charge is -2.40. The number of hydrogen-bond donors (Lipinski definition) is 0. The number of hydrogen-bond acceptors (Lipinski definition) is 14. The number of halogens is 4. The summed E-state index contributed by atoms with van der Waals surface area (Å²) < 4.78 is 55.1. The van der Waals surface area contributed by atoms with Gasteiger partial charge in [-0.25, -0.2) is 43.7 Å². The van der Waals surface area contributed by atoms with Gasteiger partial charge in [0.2, 0.25) is 0 Å². The van der Waals surface area contributed by atoms with Gasteiger partial charge in [0, 0.05) is 64.2 Å². The molecule has 14 aromatic rings. The van der Waals surface area contributed by atoms with Crippen LogP contribution in [0.1, 0.15) is 167 Å². The van der Waals surface area contributed by atoms with Gasteiger partial charge in [0.25, 0.3) is 0 Å². The fourth-order valence-electron chi connectivity index (χ4n) is 17.3. The number of nitrogens with zero attached hydrogens (tertiary/aromatic N) is 10. The molecule has 0 radical (unpaired) electrons. The lowest BCUT2D eigenvalue weighted by atomic mass is 9.49. The van der Waals surface area contributed by atoms with Crippen LogP contribution in [0.2, 0.25) is 0 Å². The maximum Gasteiger partial charge on any atom is 0.488 e. The van der Waals surface area contributed by atoms with Crippen molar-refractivity contribution < 1.29 is 27.4 Å². The minimum absolute atomic E-state index is 0.325. The topological polar surface area (TPSA) is 147 Å². The Morgan fingerprint density at radius 3 is 0.873 bits per heavy atom. The van der Waals surface area contributed by atoms with Crippen molar-refractivity contribution in [1.29, 1.82) is 0 Å². The number of rotatable bonds is 10. The van der Waals surface area contributed by atoms with Crippen LogP contribution in [0.4, 0.5) is 42.9 Å². The molecular formula is C106H108B2Br2F2N10O4. The number of aromatic nitrogens is 8. The summed E-state index contributed by atoms with van der Waals surface area (Å²) in [5, 5.41) is 0. The molecule has 18 rings (SSSR count). The van der Waals surface area contributed by atoms with Crippen molar-refractivity contribution in [2.45, 2.75) is 201 Å². The molecule has 640 valence electrons. The van der Waals surface area contributed by atoms with Gasteiger partial charge < -0.3 is 28.4 Å². The molecule has 0 atom stereocenters. The molecular weight excluding hydrogens is 1700 g/mol. The summed E-state index contributed by atoms with van der Waals surface area (Å²) in [6.45, 7) is 52.1. The quantitative estimate of drug-likeness (QED) is 0.0945. The van der Waals surface area contributed by atoms with Gasteiger partial charge in [-0.1, -0.05) is 121 Å².